The molecule has 11 heavy (non-hydrogen) atoms. The highest BCUT2D eigenvalue weighted by Crippen LogP contribution is 2.47. The van der Waals surface area contributed by atoms with Crippen LogP contribution in [0.5, 0.6) is 0 Å². The molecule has 2 aliphatic rings. The molecule has 1 aliphatic heterocycles. The van der Waals surface area contributed by atoms with Crippen LogP contribution in [0.1, 0.15) is 19.3 Å². The van der Waals surface area contributed by atoms with Crippen LogP contribution in [0, 0.1) is 0 Å². The molecule has 4 heteroatoms. The van der Waals surface area contributed by atoms with Gasteiger partial charge in [0, 0.05) is 7.11 Å². The maximum atomic E-state index is 11.2. The zero-order valence-electron chi connectivity index (χ0n) is 6.54. The van der Waals surface area contributed by atoms with E-state index in [0.29, 0.717) is 0 Å². The summed E-state index contributed by atoms with van der Waals surface area (Å²) in [5.74, 6) is 0.251. The van der Waals surface area contributed by atoms with E-state index in [2.05, 4.69) is 0 Å². The van der Waals surface area contributed by atoms with Gasteiger partial charge in [-0.2, -0.15) is 0 Å². The summed E-state index contributed by atoms with van der Waals surface area (Å²) in [5.41, 5.74) is -0.279. The highest BCUT2D eigenvalue weighted by molar-refractivity contribution is 7.93. The van der Waals surface area contributed by atoms with Gasteiger partial charge in [-0.15, -0.1) is 0 Å². The first kappa shape index (κ1) is 7.55. The SMILES string of the molecule is CO[C@]12CCC[C@@H]1S(=O)(=O)C2. The lowest BCUT2D eigenvalue weighted by Crippen LogP contribution is -2.60. The van der Waals surface area contributed by atoms with Gasteiger partial charge in [-0.1, -0.05) is 0 Å². The molecule has 2 fully saturated rings. The largest absolute Gasteiger partial charge is 0.376 e. The molecule has 0 aromatic rings. The predicted molar refractivity (Wildman–Crippen MR) is 41.2 cm³/mol. The molecule has 0 spiro atoms. The van der Waals surface area contributed by atoms with E-state index in [4.69, 9.17) is 4.74 Å². The van der Waals surface area contributed by atoms with Crippen LogP contribution in [-0.4, -0.2) is 32.1 Å². The molecule has 1 saturated carbocycles. The maximum Gasteiger partial charge on any atom is 0.158 e. The number of hydrogen-bond donors (Lipinski definition) is 0. The molecular formula is C7H12O3S. The van der Waals surface area contributed by atoms with Crippen LogP contribution in [0.3, 0.4) is 0 Å². The number of methoxy groups -OCH3 is 1. The van der Waals surface area contributed by atoms with Crippen LogP contribution in [0.15, 0.2) is 0 Å². The number of sulfone groups is 1. The molecule has 1 heterocycles. The van der Waals surface area contributed by atoms with Gasteiger partial charge in [0.1, 0.15) is 0 Å². The van der Waals surface area contributed by atoms with Gasteiger partial charge in [0.2, 0.25) is 0 Å². The van der Waals surface area contributed by atoms with E-state index in [-0.39, 0.29) is 16.6 Å². The molecule has 2 rings (SSSR count). The summed E-state index contributed by atoms with van der Waals surface area (Å²) in [6.07, 6.45) is 2.72. The van der Waals surface area contributed by atoms with Crippen molar-refractivity contribution >= 4 is 9.84 Å². The van der Waals surface area contributed by atoms with E-state index in [1.807, 2.05) is 0 Å². The van der Waals surface area contributed by atoms with Crippen molar-refractivity contribution in [3.63, 3.8) is 0 Å². The fourth-order valence-corrected chi connectivity index (χ4v) is 4.84. The van der Waals surface area contributed by atoms with Gasteiger partial charge in [0.25, 0.3) is 0 Å². The lowest BCUT2D eigenvalue weighted by molar-refractivity contribution is 0.00379. The number of fused-ring (bicyclic) bond motifs is 1. The fraction of sp³-hybridized carbons (Fsp3) is 1.00. The minimum absolute atomic E-state index is 0.181. The average Bonchev–Trinajstić information content (AvgIpc) is 2.28. The van der Waals surface area contributed by atoms with Crippen molar-refractivity contribution in [1.82, 2.24) is 0 Å². The standard InChI is InChI=1S/C7H12O3S/c1-10-7-4-2-3-6(7)11(8,9)5-7/h6H,2-5H2,1H3/t6-,7-/m0/s1. The molecule has 0 amide bonds. The summed E-state index contributed by atoms with van der Waals surface area (Å²) < 4.78 is 27.6. The van der Waals surface area contributed by atoms with Gasteiger partial charge < -0.3 is 4.74 Å². The second kappa shape index (κ2) is 1.98. The van der Waals surface area contributed by atoms with Crippen molar-refractivity contribution in [2.24, 2.45) is 0 Å². The lowest BCUT2D eigenvalue weighted by Gasteiger charge is -2.42. The van der Waals surface area contributed by atoms with Crippen molar-refractivity contribution in [3.8, 4) is 0 Å². The van der Waals surface area contributed by atoms with E-state index in [1.165, 1.54) is 0 Å². The molecule has 64 valence electrons. The molecule has 3 nitrogen and oxygen atoms in total. The Balaban J connectivity index is 2.30. The van der Waals surface area contributed by atoms with Crippen molar-refractivity contribution < 1.29 is 13.2 Å². The summed E-state index contributed by atoms with van der Waals surface area (Å²) in [5, 5.41) is -0.181. The van der Waals surface area contributed by atoms with Crippen LogP contribution in [-0.2, 0) is 14.6 Å². The Bertz CT molecular complexity index is 269. The van der Waals surface area contributed by atoms with Crippen LogP contribution in [0.2, 0.25) is 0 Å². The average molecular weight is 176 g/mol. The molecule has 0 radical (unpaired) electrons. The Morgan fingerprint density at radius 1 is 1.55 bits per heavy atom. The fourth-order valence-electron chi connectivity index (χ4n) is 2.32. The Kier molecular flexibility index (Phi) is 1.36. The van der Waals surface area contributed by atoms with Gasteiger partial charge in [0.15, 0.2) is 9.84 Å². The van der Waals surface area contributed by atoms with Crippen molar-refractivity contribution in [2.45, 2.75) is 30.1 Å². The predicted octanol–water partition coefficient (Wildman–Crippen LogP) is 0.353. The molecule has 0 bridgehead atoms. The second-order valence-electron chi connectivity index (χ2n) is 3.46. The highest BCUT2D eigenvalue weighted by Gasteiger charge is 2.61. The zero-order valence-corrected chi connectivity index (χ0v) is 7.36. The van der Waals surface area contributed by atoms with E-state index in [0.717, 1.165) is 19.3 Å². The normalized spacial score (nSPS) is 46.5. The third-order valence-electron chi connectivity index (χ3n) is 2.94. The Hall–Kier alpha value is -0.0900. The summed E-state index contributed by atoms with van der Waals surface area (Å²) in [6.45, 7) is 0. The third-order valence-corrected chi connectivity index (χ3v) is 5.36. The third kappa shape index (κ3) is 0.796. The zero-order chi connectivity index (χ0) is 8.11. The Labute approximate surface area is 66.7 Å². The van der Waals surface area contributed by atoms with Gasteiger partial charge in [0.05, 0.1) is 16.6 Å². The quantitative estimate of drug-likeness (QED) is 0.579. The van der Waals surface area contributed by atoms with Crippen molar-refractivity contribution in [1.29, 1.82) is 0 Å². The first-order chi connectivity index (χ1) is 5.11. The van der Waals surface area contributed by atoms with Crippen LogP contribution < -0.4 is 0 Å². The molecule has 1 aliphatic carbocycles. The van der Waals surface area contributed by atoms with E-state index in [1.54, 1.807) is 7.11 Å². The summed E-state index contributed by atoms with van der Waals surface area (Å²) in [4.78, 5) is 0. The van der Waals surface area contributed by atoms with Gasteiger partial charge in [-0.05, 0) is 19.3 Å². The Morgan fingerprint density at radius 3 is 2.73 bits per heavy atom. The molecule has 0 aromatic carbocycles. The second-order valence-corrected chi connectivity index (χ2v) is 5.64. The summed E-state index contributed by atoms with van der Waals surface area (Å²) >= 11 is 0. The van der Waals surface area contributed by atoms with Gasteiger partial charge in [-0.3, -0.25) is 0 Å². The lowest BCUT2D eigenvalue weighted by atomic mass is 10.0. The number of rotatable bonds is 1. The van der Waals surface area contributed by atoms with Crippen LogP contribution in [0.25, 0.3) is 0 Å². The van der Waals surface area contributed by atoms with Crippen molar-refractivity contribution in [2.75, 3.05) is 12.9 Å². The minimum atomic E-state index is -2.75. The first-order valence-electron chi connectivity index (χ1n) is 3.87. The maximum absolute atomic E-state index is 11.2. The molecule has 0 aromatic heterocycles. The van der Waals surface area contributed by atoms with Crippen LogP contribution in [0.4, 0.5) is 0 Å². The number of ether oxygens (including phenoxy) is 1. The Morgan fingerprint density at radius 2 is 2.27 bits per heavy atom. The van der Waals surface area contributed by atoms with E-state index < -0.39 is 9.84 Å². The molecule has 1 saturated heterocycles. The summed E-state index contributed by atoms with van der Waals surface area (Å²) in [7, 11) is -1.14. The van der Waals surface area contributed by atoms with Gasteiger partial charge >= 0.3 is 0 Å². The topological polar surface area (TPSA) is 43.4 Å². The van der Waals surface area contributed by atoms with Gasteiger partial charge in [-0.25, -0.2) is 8.42 Å². The summed E-state index contributed by atoms with van der Waals surface area (Å²) in [6, 6.07) is 0. The molecule has 2 atom stereocenters. The smallest absolute Gasteiger partial charge is 0.158 e. The number of hydrogen-bond acceptors (Lipinski definition) is 3. The van der Waals surface area contributed by atoms with Crippen LogP contribution >= 0.6 is 0 Å². The highest BCUT2D eigenvalue weighted by atomic mass is 32.2. The minimum Gasteiger partial charge on any atom is -0.376 e. The first-order valence-corrected chi connectivity index (χ1v) is 5.59. The monoisotopic (exact) mass is 176 g/mol. The van der Waals surface area contributed by atoms with E-state index >= 15 is 0 Å². The molecular weight excluding hydrogens is 164 g/mol. The van der Waals surface area contributed by atoms with E-state index in [9.17, 15) is 8.42 Å². The molecule has 0 N–H and O–H groups in total. The van der Waals surface area contributed by atoms with Crippen molar-refractivity contribution in [3.05, 3.63) is 0 Å². The molecule has 0 unspecified atom stereocenters.